The third-order valence-corrected chi connectivity index (χ3v) is 5.80. The molecule has 1 atom stereocenters. The van der Waals surface area contributed by atoms with Gasteiger partial charge in [-0.3, -0.25) is 9.59 Å². The average Bonchev–Trinajstić information content (AvgIpc) is 2.83. The number of methoxy groups -OCH3 is 1. The lowest BCUT2D eigenvalue weighted by Crippen LogP contribution is -2.41. The van der Waals surface area contributed by atoms with E-state index in [2.05, 4.69) is 4.74 Å². The first-order valence-electron chi connectivity index (χ1n) is 6.44. The molecule has 0 spiro atoms. The zero-order chi connectivity index (χ0) is 15.6. The van der Waals surface area contributed by atoms with Crippen LogP contribution < -0.4 is 0 Å². The Kier molecular flexibility index (Phi) is 5.15. The molecule has 0 aromatic rings. The van der Waals surface area contributed by atoms with Gasteiger partial charge in [0.15, 0.2) is 0 Å². The van der Waals surface area contributed by atoms with E-state index < -0.39 is 27.4 Å². The number of esters is 1. The van der Waals surface area contributed by atoms with Crippen LogP contribution >= 0.6 is 0 Å². The summed E-state index contributed by atoms with van der Waals surface area (Å²) in [6.45, 7) is 3.69. The van der Waals surface area contributed by atoms with E-state index in [-0.39, 0.29) is 37.6 Å². The Bertz CT molecular complexity index is 486. The second-order valence-electron chi connectivity index (χ2n) is 5.34. The van der Waals surface area contributed by atoms with Crippen LogP contribution in [0.1, 0.15) is 26.7 Å². The second kappa shape index (κ2) is 6.09. The average molecular weight is 307 g/mol. The van der Waals surface area contributed by atoms with E-state index in [4.69, 9.17) is 0 Å². The molecule has 1 N–H and O–H groups in total. The predicted molar refractivity (Wildman–Crippen MR) is 71.5 cm³/mol. The summed E-state index contributed by atoms with van der Waals surface area (Å²) >= 11 is 0. The molecule has 1 rings (SSSR count). The molecule has 7 nitrogen and oxygen atoms in total. The van der Waals surface area contributed by atoms with Gasteiger partial charge in [0, 0.05) is 13.1 Å². The molecule has 8 heteroatoms. The highest BCUT2D eigenvalue weighted by molar-refractivity contribution is 7.89. The monoisotopic (exact) mass is 307 g/mol. The normalized spacial score (nSPS) is 24.0. The van der Waals surface area contributed by atoms with Crippen molar-refractivity contribution >= 4 is 22.0 Å². The number of ether oxygens (including phenoxy) is 1. The number of carboxylic acids is 1. The minimum Gasteiger partial charge on any atom is -0.481 e. The lowest BCUT2D eigenvalue weighted by atomic mass is 9.77. The van der Waals surface area contributed by atoms with Crippen molar-refractivity contribution in [3.63, 3.8) is 0 Å². The largest absolute Gasteiger partial charge is 0.481 e. The highest BCUT2D eigenvalue weighted by Crippen LogP contribution is 2.39. The summed E-state index contributed by atoms with van der Waals surface area (Å²) in [6.07, 6.45) is 0.0640. The van der Waals surface area contributed by atoms with Gasteiger partial charge in [0.1, 0.15) is 0 Å². The highest BCUT2D eigenvalue weighted by Gasteiger charge is 2.50. The van der Waals surface area contributed by atoms with E-state index in [0.29, 0.717) is 0 Å². The van der Waals surface area contributed by atoms with Crippen molar-refractivity contribution in [2.45, 2.75) is 26.7 Å². The second-order valence-corrected chi connectivity index (χ2v) is 7.43. The minimum absolute atomic E-state index is 0.0382. The number of sulfonamides is 1. The van der Waals surface area contributed by atoms with Gasteiger partial charge in [-0.05, 0) is 12.3 Å². The molecular weight excluding hydrogens is 286 g/mol. The molecule has 1 fully saturated rings. The third-order valence-electron chi connectivity index (χ3n) is 3.98. The lowest BCUT2D eigenvalue weighted by Gasteiger charge is -2.28. The van der Waals surface area contributed by atoms with Crippen LogP contribution in [0, 0.1) is 11.3 Å². The zero-order valence-corrected chi connectivity index (χ0v) is 12.8. The van der Waals surface area contributed by atoms with E-state index in [1.807, 2.05) is 0 Å². The maximum Gasteiger partial charge on any atom is 0.311 e. The van der Waals surface area contributed by atoms with Gasteiger partial charge < -0.3 is 9.84 Å². The number of carbonyl (C=O) groups excluding carboxylic acids is 1. The minimum atomic E-state index is -3.63. The molecule has 0 radical (unpaired) electrons. The Balaban J connectivity index is 2.80. The molecule has 20 heavy (non-hydrogen) atoms. The summed E-state index contributed by atoms with van der Waals surface area (Å²) in [5.74, 6) is -2.09. The van der Waals surface area contributed by atoms with Crippen molar-refractivity contribution < 1.29 is 27.9 Å². The van der Waals surface area contributed by atoms with Gasteiger partial charge in [0.25, 0.3) is 0 Å². The number of nitrogens with zero attached hydrogens (tertiary/aromatic N) is 1. The van der Waals surface area contributed by atoms with Gasteiger partial charge in [-0.25, -0.2) is 12.7 Å². The van der Waals surface area contributed by atoms with Crippen molar-refractivity contribution in [2.24, 2.45) is 11.3 Å². The Morgan fingerprint density at radius 3 is 2.40 bits per heavy atom. The van der Waals surface area contributed by atoms with Crippen LogP contribution in [0.25, 0.3) is 0 Å². The summed E-state index contributed by atoms with van der Waals surface area (Å²) < 4.78 is 29.8. The first-order valence-corrected chi connectivity index (χ1v) is 8.04. The Morgan fingerprint density at radius 2 is 2.00 bits per heavy atom. The molecule has 0 aromatic carbocycles. The summed E-state index contributed by atoms with van der Waals surface area (Å²) in [4.78, 5) is 22.5. The van der Waals surface area contributed by atoms with Crippen LogP contribution in [-0.4, -0.2) is 55.7 Å². The fourth-order valence-electron chi connectivity index (χ4n) is 2.37. The van der Waals surface area contributed by atoms with Gasteiger partial charge in [0.2, 0.25) is 10.0 Å². The van der Waals surface area contributed by atoms with E-state index in [0.717, 1.165) is 0 Å². The molecule has 0 saturated carbocycles. The van der Waals surface area contributed by atoms with Crippen LogP contribution in [0.5, 0.6) is 0 Å². The maximum atomic E-state index is 12.1. The Morgan fingerprint density at radius 1 is 1.40 bits per heavy atom. The van der Waals surface area contributed by atoms with Gasteiger partial charge in [-0.1, -0.05) is 13.8 Å². The van der Waals surface area contributed by atoms with Crippen LogP contribution in [-0.2, 0) is 24.3 Å². The summed E-state index contributed by atoms with van der Waals surface area (Å²) in [5, 5.41) is 9.38. The van der Waals surface area contributed by atoms with Crippen LogP contribution in [0.2, 0.25) is 0 Å². The van der Waals surface area contributed by atoms with Crippen molar-refractivity contribution in [3.05, 3.63) is 0 Å². The number of rotatable bonds is 6. The molecule has 1 unspecified atom stereocenters. The summed E-state index contributed by atoms with van der Waals surface area (Å²) in [6, 6.07) is 0. The van der Waals surface area contributed by atoms with Gasteiger partial charge >= 0.3 is 11.9 Å². The lowest BCUT2D eigenvalue weighted by molar-refractivity contribution is -0.150. The van der Waals surface area contributed by atoms with Crippen LogP contribution in [0.3, 0.4) is 0 Å². The number of carboxylic acid groups (broad SMARTS) is 1. The molecular formula is C12H21NO6S. The SMILES string of the molecule is COC(=O)CCS(=O)(=O)N1CCC(C(=O)O)(C(C)C)C1. The molecule has 1 aliphatic heterocycles. The van der Waals surface area contributed by atoms with Crippen molar-refractivity contribution in [1.29, 1.82) is 0 Å². The molecule has 116 valence electrons. The maximum absolute atomic E-state index is 12.1. The summed E-state index contributed by atoms with van der Waals surface area (Å²) in [5.41, 5.74) is -1.04. The number of aliphatic carboxylic acids is 1. The fraction of sp³-hybridized carbons (Fsp3) is 0.833. The smallest absolute Gasteiger partial charge is 0.311 e. The first kappa shape index (κ1) is 16.9. The molecule has 1 heterocycles. The Labute approximate surface area is 118 Å². The standard InChI is InChI=1S/C12H21NO6S/c1-9(2)12(11(15)16)5-6-13(8-12)20(17,18)7-4-10(14)19-3/h9H,4-8H2,1-3H3,(H,15,16). The van der Waals surface area contributed by atoms with Crippen molar-refractivity contribution in [1.82, 2.24) is 4.31 Å². The Hall–Kier alpha value is -1.15. The quantitative estimate of drug-likeness (QED) is 0.709. The topological polar surface area (TPSA) is 101 Å². The van der Waals surface area contributed by atoms with Crippen LogP contribution in [0.15, 0.2) is 0 Å². The molecule has 0 bridgehead atoms. The van der Waals surface area contributed by atoms with E-state index in [9.17, 15) is 23.1 Å². The molecule has 1 saturated heterocycles. The van der Waals surface area contributed by atoms with Gasteiger partial charge in [0.05, 0.1) is 24.7 Å². The van der Waals surface area contributed by atoms with Crippen LogP contribution in [0.4, 0.5) is 0 Å². The van der Waals surface area contributed by atoms with Gasteiger partial charge in [-0.2, -0.15) is 0 Å². The van der Waals surface area contributed by atoms with E-state index >= 15 is 0 Å². The van der Waals surface area contributed by atoms with Gasteiger partial charge in [-0.15, -0.1) is 0 Å². The zero-order valence-electron chi connectivity index (χ0n) is 12.0. The fourth-order valence-corrected chi connectivity index (χ4v) is 3.85. The van der Waals surface area contributed by atoms with Crippen molar-refractivity contribution in [3.8, 4) is 0 Å². The molecule has 0 aliphatic carbocycles. The van der Waals surface area contributed by atoms with E-state index in [1.165, 1.54) is 11.4 Å². The molecule has 0 aromatic heterocycles. The molecule has 1 aliphatic rings. The number of hydrogen-bond acceptors (Lipinski definition) is 5. The first-order chi connectivity index (χ1) is 9.15. The highest BCUT2D eigenvalue weighted by atomic mass is 32.2. The molecule has 0 amide bonds. The summed E-state index contributed by atoms with van der Waals surface area (Å²) in [7, 11) is -2.44. The number of hydrogen-bond donors (Lipinski definition) is 1. The predicted octanol–water partition coefficient (Wildman–Crippen LogP) is 0.312. The number of carbonyl (C=O) groups is 2. The third kappa shape index (κ3) is 3.29. The van der Waals surface area contributed by atoms with Crippen molar-refractivity contribution in [2.75, 3.05) is 26.0 Å². The van der Waals surface area contributed by atoms with E-state index in [1.54, 1.807) is 13.8 Å².